The van der Waals surface area contributed by atoms with Gasteiger partial charge in [0, 0.05) is 146 Å². The lowest BCUT2D eigenvalue weighted by Gasteiger charge is -2.35. The van der Waals surface area contributed by atoms with E-state index in [1.165, 1.54) is 125 Å². The molecule has 0 saturated heterocycles. The van der Waals surface area contributed by atoms with Crippen LogP contribution in [-0.2, 0) is 0 Å². The Morgan fingerprint density at radius 3 is 0.587 bits per heavy atom. The first-order chi connectivity index (χ1) is 60.5. The topological polar surface area (TPSA) is 405 Å². The lowest BCUT2D eigenvalue weighted by atomic mass is 9.70. The van der Waals surface area contributed by atoms with Crippen LogP contribution in [0.4, 0.5) is 0 Å². The van der Waals surface area contributed by atoms with Gasteiger partial charge in [-0.3, -0.25) is 0 Å². The summed E-state index contributed by atoms with van der Waals surface area (Å²) in [5, 5.41) is 200. The standard InChI is InChI=1S/C24H32O4.C22H28O4.C21H26O4.C20H24O4.C19H22O4/c1-2-3-4-5-16-6-8-17(9-7-16)24(20-12-10-18(25)14-22(20)27)21-13-11-19(26)15-23(21)28;1-2-3-14-4-6-15(7-5-14)22(18-10-8-16(23)12-20(18)25)19-11-9-17(24)13-21(19)26;1-2-13-3-5-14(6-4-13)21(17-9-7-15(22)11-19(17)24)18-10-8-16(23)12-20(18)25;1-12-2-4-13(5-3-12)20(16-8-6-14(21)10-18(16)23)17-9-7-15(22)11-19(17)24;20-13-6-8-15(17(22)10-13)19(12-4-2-1-3-5-12)16-9-7-14(21)11-18(16)23/h10-17,24-28H,2-9H2,1H3;8-15,22-26H,2-7H2,1H3;7-14,21-25H,2-6H2,1H3;6-13,20-24H,2-5H2,1H3;6-12,19-23H,1-5H2. The van der Waals surface area contributed by atoms with Crippen molar-refractivity contribution in [3.8, 4) is 115 Å². The highest BCUT2D eigenvalue weighted by Gasteiger charge is 2.39. The molecule has 5 saturated carbocycles. The molecule has 0 radical (unpaired) electrons. The molecule has 15 rings (SSSR count). The predicted octanol–water partition coefficient (Wildman–Crippen LogP) is 24.8. The molecule has 20 nitrogen and oxygen atoms in total. The first-order valence-corrected chi connectivity index (χ1v) is 45.7. The van der Waals surface area contributed by atoms with Crippen molar-refractivity contribution >= 4 is 0 Å². The Balaban J connectivity index is 0.000000153. The normalized spacial score (nSPS) is 19.6. The van der Waals surface area contributed by atoms with Crippen LogP contribution >= 0.6 is 0 Å². The zero-order valence-corrected chi connectivity index (χ0v) is 73.1. The summed E-state index contributed by atoms with van der Waals surface area (Å²) in [6.45, 7) is 8.93. The predicted molar refractivity (Wildman–Crippen MR) is 490 cm³/mol. The summed E-state index contributed by atoms with van der Waals surface area (Å²) in [4.78, 5) is 0. The molecule has 0 heterocycles. The van der Waals surface area contributed by atoms with E-state index in [-0.39, 0.29) is 145 Å². The lowest BCUT2D eigenvalue weighted by molar-refractivity contribution is 0.239. The molecule has 5 aliphatic rings. The first-order valence-electron chi connectivity index (χ1n) is 45.7. The zero-order valence-electron chi connectivity index (χ0n) is 73.1. The van der Waals surface area contributed by atoms with Gasteiger partial charge in [0.2, 0.25) is 0 Å². The summed E-state index contributed by atoms with van der Waals surface area (Å²) in [7, 11) is 0. The first kappa shape index (κ1) is 94.9. The number of phenols is 20. The Morgan fingerprint density at radius 1 is 0.206 bits per heavy atom. The number of hydrogen-bond donors (Lipinski definition) is 20. The fourth-order valence-corrected chi connectivity index (χ4v) is 21.1. The molecule has 5 aliphatic carbocycles. The van der Waals surface area contributed by atoms with Gasteiger partial charge in [-0.15, -0.1) is 0 Å². The summed E-state index contributed by atoms with van der Waals surface area (Å²) in [6.07, 6.45) is 31.8. The second-order valence-electron chi connectivity index (χ2n) is 36.3. The summed E-state index contributed by atoms with van der Waals surface area (Å²) in [6, 6.07) is 46.4. The maximum Gasteiger partial charge on any atom is 0.123 e. The van der Waals surface area contributed by atoms with Gasteiger partial charge in [0.15, 0.2) is 0 Å². The molecule has 20 N–H and O–H groups in total. The monoisotopic (exact) mass is 1720 g/mol. The third kappa shape index (κ3) is 24.9. The van der Waals surface area contributed by atoms with Crippen molar-refractivity contribution < 1.29 is 102 Å². The molecule has 0 amide bonds. The maximum atomic E-state index is 10.5. The average Bonchev–Trinajstić information content (AvgIpc) is 0.877. The maximum absolute atomic E-state index is 10.5. The molecule has 0 unspecified atom stereocenters. The number of unbranched alkanes of at least 4 members (excludes halogenated alkanes) is 2. The average molecular weight is 1730 g/mol. The van der Waals surface area contributed by atoms with Crippen molar-refractivity contribution in [1.29, 1.82) is 0 Å². The SMILES string of the molecule is CC1CCC(C(c2ccc(O)cc2O)c2ccc(O)cc2O)CC1.CCC1CCC(C(c2ccc(O)cc2O)c2ccc(O)cc2O)CC1.CCCC1CCC(C(c2ccc(O)cc2O)c2ccc(O)cc2O)CC1.CCCCCC1CCC(C(c2ccc(O)cc2O)c2ccc(O)cc2O)CC1.Oc1ccc(C(c2ccc(O)cc2O)C2CCCCC2)c(O)c1. The Labute approximate surface area is 741 Å². The quantitative estimate of drug-likeness (QED) is 0.0280. The Hall–Kier alpha value is -11.8. The summed E-state index contributed by atoms with van der Waals surface area (Å²) in [5.74, 6) is 4.23. The molecular formula is C106H132O20. The molecule has 5 fully saturated rings. The van der Waals surface area contributed by atoms with Crippen molar-refractivity contribution in [2.45, 2.75) is 237 Å². The van der Waals surface area contributed by atoms with Crippen molar-refractivity contribution in [3.63, 3.8) is 0 Å². The number of phenolic OH excluding ortho intramolecular Hbond substituents is 20. The van der Waals surface area contributed by atoms with Crippen LogP contribution in [-0.4, -0.2) is 102 Å². The summed E-state index contributed by atoms with van der Waals surface area (Å²) in [5.41, 5.74) is 7.08. The molecular weight excluding hydrogens is 1590 g/mol. The molecule has 0 bridgehead atoms. The van der Waals surface area contributed by atoms with E-state index in [1.807, 2.05) is 0 Å². The van der Waals surface area contributed by atoms with Gasteiger partial charge in [-0.25, -0.2) is 0 Å². The smallest absolute Gasteiger partial charge is 0.123 e. The van der Waals surface area contributed by atoms with Crippen molar-refractivity contribution in [1.82, 2.24) is 0 Å². The Morgan fingerprint density at radius 2 is 0.397 bits per heavy atom. The van der Waals surface area contributed by atoms with Crippen LogP contribution in [0.15, 0.2) is 182 Å². The van der Waals surface area contributed by atoms with E-state index in [2.05, 4.69) is 27.7 Å². The molecule has 676 valence electrons. The van der Waals surface area contributed by atoms with Crippen LogP contribution in [0.3, 0.4) is 0 Å². The van der Waals surface area contributed by atoms with Crippen LogP contribution in [0.2, 0.25) is 0 Å². The van der Waals surface area contributed by atoms with Gasteiger partial charge in [-0.2, -0.15) is 0 Å². The fraction of sp³-hybridized carbons (Fsp3) is 0.434. The van der Waals surface area contributed by atoms with Crippen molar-refractivity contribution in [3.05, 3.63) is 238 Å². The van der Waals surface area contributed by atoms with Gasteiger partial charge in [0.1, 0.15) is 115 Å². The highest BCUT2D eigenvalue weighted by Crippen LogP contribution is 2.55. The van der Waals surface area contributed by atoms with Gasteiger partial charge in [0.05, 0.1) is 0 Å². The minimum atomic E-state index is -0.169. The molecule has 20 heteroatoms. The molecule has 0 aliphatic heterocycles. The third-order valence-electron chi connectivity index (χ3n) is 27.7. The molecule has 10 aromatic rings. The van der Waals surface area contributed by atoms with Crippen LogP contribution in [0.1, 0.15) is 293 Å². The minimum absolute atomic E-state index is 0.0159. The van der Waals surface area contributed by atoms with E-state index in [1.54, 1.807) is 121 Å². The fourth-order valence-electron chi connectivity index (χ4n) is 21.1. The molecule has 0 spiro atoms. The lowest BCUT2D eigenvalue weighted by Crippen LogP contribution is -2.22. The number of benzene rings is 10. The van der Waals surface area contributed by atoms with Gasteiger partial charge in [-0.05, 0) is 178 Å². The number of aromatic hydroxyl groups is 20. The van der Waals surface area contributed by atoms with Gasteiger partial charge < -0.3 is 102 Å². The molecule has 10 aromatic carbocycles. The molecule has 126 heavy (non-hydrogen) atoms. The van der Waals surface area contributed by atoms with Crippen LogP contribution in [0, 0.1) is 53.3 Å². The van der Waals surface area contributed by atoms with E-state index in [0.717, 1.165) is 133 Å². The second-order valence-corrected chi connectivity index (χ2v) is 36.3. The highest BCUT2D eigenvalue weighted by molar-refractivity contribution is 5.57. The Bertz CT molecular complexity index is 4880. The summed E-state index contributed by atoms with van der Waals surface area (Å²) >= 11 is 0. The molecule has 0 atom stereocenters. The minimum Gasteiger partial charge on any atom is -0.508 e. The van der Waals surface area contributed by atoms with Gasteiger partial charge in [0.25, 0.3) is 0 Å². The second kappa shape index (κ2) is 44.9. The number of rotatable bonds is 22. The van der Waals surface area contributed by atoms with Gasteiger partial charge >= 0.3 is 0 Å². The van der Waals surface area contributed by atoms with E-state index in [4.69, 9.17) is 0 Å². The van der Waals surface area contributed by atoms with E-state index in [9.17, 15) is 102 Å². The summed E-state index contributed by atoms with van der Waals surface area (Å²) < 4.78 is 0. The highest BCUT2D eigenvalue weighted by atomic mass is 16.3. The zero-order chi connectivity index (χ0) is 90.4. The Kier molecular flexibility index (Phi) is 33.8. The van der Waals surface area contributed by atoms with Crippen molar-refractivity contribution in [2.24, 2.45) is 53.3 Å². The third-order valence-corrected chi connectivity index (χ3v) is 27.7. The van der Waals surface area contributed by atoms with Gasteiger partial charge in [-0.1, -0.05) is 204 Å². The van der Waals surface area contributed by atoms with Crippen LogP contribution in [0.5, 0.6) is 115 Å². The largest absolute Gasteiger partial charge is 0.508 e. The van der Waals surface area contributed by atoms with Crippen molar-refractivity contribution in [2.75, 3.05) is 0 Å². The van der Waals surface area contributed by atoms with E-state index in [0.29, 0.717) is 91.1 Å². The van der Waals surface area contributed by atoms with Crippen LogP contribution in [0.25, 0.3) is 0 Å². The molecule has 0 aromatic heterocycles. The van der Waals surface area contributed by atoms with Crippen LogP contribution < -0.4 is 0 Å². The number of hydrogen-bond acceptors (Lipinski definition) is 20. The van der Waals surface area contributed by atoms with E-state index >= 15 is 0 Å². The van der Waals surface area contributed by atoms with E-state index < -0.39 is 0 Å².